The number of halogens is 1. The highest BCUT2D eigenvalue weighted by atomic mass is 35.5. The number of benzene rings is 1. The molecule has 2 aromatic rings. The Morgan fingerprint density at radius 2 is 1.87 bits per heavy atom. The summed E-state index contributed by atoms with van der Waals surface area (Å²) in [5, 5.41) is 0.100. The molecule has 0 N–H and O–H groups in total. The molecule has 9 heteroatoms. The van der Waals surface area contributed by atoms with Crippen molar-refractivity contribution in [2.75, 3.05) is 20.8 Å². The number of ether oxygens (including phenoxy) is 3. The average Bonchev–Trinajstić information content (AvgIpc) is 2.75. The zero-order valence-corrected chi connectivity index (χ0v) is 19.2. The highest BCUT2D eigenvalue weighted by molar-refractivity contribution is 6.29. The highest BCUT2D eigenvalue weighted by Gasteiger charge is 2.58. The van der Waals surface area contributed by atoms with E-state index in [1.807, 2.05) is 19.9 Å². The molecule has 0 fully saturated rings. The van der Waals surface area contributed by atoms with Gasteiger partial charge < -0.3 is 19.1 Å². The van der Waals surface area contributed by atoms with Crippen molar-refractivity contribution in [2.45, 2.75) is 45.2 Å². The summed E-state index contributed by atoms with van der Waals surface area (Å²) in [6.45, 7) is 7.20. The van der Waals surface area contributed by atoms with Crippen molar-refractivity contribution >= 4 is 23.5 Å². The van der Waals surface area contributed by atoms with Gasteiger partial charge in [0.15, 0.2) is 5.41 Å². The summed E-state index contributed by atoms with van der Waals surface area (Å²) in [5.74, 6) is 0.0544. The minimum Gasteiger partial charge on any atom is -0.497 e. The molecule has 166 valence electrons. The number of fused-ring (bicyclic) bond motifs is 1. The second-order valence-corrected chi connectivity index (χ2v) is 8.25. The minimum atomic E-state index is -1.68. The smallest absolute Gasteiger partial charge is 0.327 e. The van der Waals surface area contributed by atoms with Gasteiger partial charge in [0, 0.05) is 11.6 Å². The molecule has 3 rings (SSSR count). The van der Waals surface area contributed by atoms with E-state index in [2.05, 4.69) is 9.97 Å². The third kappa shape index (κ3) is 3.69. The summed E-state index contributed by atoms with van der Waals surface area (Å²) in [5.41, 5.74) is -1.10. The number of amides is 1. The van der Waals surface area contributed by atoms with E-state index in [9.17, 15) is 9.59 Å². The van der Waals surface area contributed by atoms with Gasteiger partial charge in [-0.1, -0.05) is 11.6 Å². The van der Waals surface area contributed by atoms with Gasteiger partial charge >= 0.3 is 5.97 Å². The number of aromatic nitrogens is 2. The quantitative estimate of drug-likeness (QED) is 0.495. The molecule has 0 radical (unpaired) electrons. The highest BCUT2D eigenvalue weighted by Crippen LogP contribution is 2.44. The van der Waals surface area contributed by atoms with Crippen LogP contribution >= 0.6 is 11.6 Å². The summed E-state index contributed by atoms with van der Waals surface area (Å²) in [7, 11) is 3.12. The number of carbonyl (C=O) groups excluding carboxylic acids is 2. The summed E-state index contributed by atoms with van der Waals surface area (Å²) >= 11 is 6.08. The SMILES string of the molecule is CCOC(=O)C1(C)C(=O)N(Cc2ccc(OC)cc2OC)C(C)(C)c2ncc(Cl)nc21. The van der Waals surface area contributed by atoms with E-state index < -0.39 is 22.8 Å². The Kier molecular flexibility index (Phi) is 6.14. The van der Waals surface area contributed by atoms with E-state index in [0.717, 1.165) is 5.56 Å². The van der Waals surface area contributed by atoms with Crippen LogP contribution in [-0.2, 0) is 31.8 Å². The maximum Gasteiger partial charge on any atom is 0.327 e. The standard InChI is InChI=1S/C22H26ClN3O5/c1-7-31-20(28)22(4)18-17(24-11-16(23)25-18)21(2,3)26(19(22)27)12-13-8-9-14(29-5)10-15(13)30-6/h8-11H,7,12H2,1-6H3. The fourth-order valence-corrected chi connectivity index (χ4v) is 3.93. The molecule has 0 bridgehead atoms. The Balaban J connectivity index is 2.17. The number of rotatable bonds is 6. The van der Waals surface area contributed by atoms with Gasteiger partial charge in [-0.25, -0.2) is 4.98 Å². The van der Waals surface area contributed by atoms with E-state index >= 15 is 0 Å². The lowest BCUT2D eigenvalue weighted by atomic mass is 9.74. The number of hydrogen-bond donors (Lipinski definition) is 0. The van der Waals surface area contributed by atoms with Crippen molar-refractivity contribution < 1.29 is 23.8 Å². The van der Waals surface area contributed by atoms with Crippen LogP contribution in [0.1, 0.15) is 44.6 Å². The zero-order chi connectivity index (χ0) is 23.0. The number of nitrogens with zero attached hydrogens (tertiary/aromatic N) is 3. The summed E-state index contributed by atoms with van der Waals surface area (Å²) in [4.78, 5) is 37.2. The minimum absolute atomic E-state index is 0.100. The maximum absolute atomic E-state index is 13.8. The van der Waals surface area contributed by atoms with Crippen LogP contribution in [0.5, 0.6) is 11.5 Å². The van der Waals surface area contributed by atoms with E-state index in [-0.39, 0.29) is 24.0 Å². The van der Waals surface area contributed by atoms with Gasteiger partial charge in [0.1, 0.15) is 16.7 Å². The molecule has 0 saturated heterocycles. The lowest BCUT2D eigenvalue weighted by molar-refractivity contribution is -0.163. The first-order valence-electron chi connectivity index (χ1n) is 9.84. The van der Waals surface area contributed by atoms with Crippen LogP contribution in [-0.4, -0.2) is 47.6 Å². The molecule has 0 saturated carbocycles. The van der Waals surface area contributed by atoms with Crippen LogP contribution in [0.25, 0.3) is 0 Å². The molecule has 0 spiro atoms. The van der Waals surface area contributed by atoms with Crippen LogP contribution in [0.3, 0.4) is 0 Å². The number of esters is 1. The predicted octanol–water partition coefficient (Wildman–Crippen LogP) is 3.25. The molecule has 1 aliphatic rings. The fourth-order valence-electron chi connectivity index (χ4n) is 3.80. The molecule has 1 aromatic carbocycles. The van der Waals surface area contributed by atoms with Crippen LogP contribution in [0.15, 0.2) is 24.4 Å². The van der Waals surface area contributed by atoms with Gasteiger partial charge in [-0.15, -0.1) is 0 Å². The number of hydrogen-bond acceptors (Lipinski definition) is 7. The molecular formula is C22H26ClN3O5. The third-order valence-corrected chi connectivity index (χ3v) is 5.83. The Hall–Kier alpha value is -2.87. The van der Waals surface area contributed by atoms with E-state index in [1.165, 1.54) is 13.1 Å². The fraction of sp³-hybridized carbons (Fsp3) is 0.455. The van der Waals surface area contributed by atoms with Crippen LogP contribution in [0, 0.1) is 0 Å². The Bertz CT molecular complexity index is 1030. The van der Waals surface area contributed by atoms with Gasteiger partial charge in [0.2, 0.25) is 5.91 Å². The van der Waals surface area contributed by atoms with Gasteiger partial charge in [-0.2, -0.15) is 0 Å². The van der Waals surface area contributed by atoms with Crippen LogP contribution in [0.2, 0.25) is 5.15 Å². The van der Waals surface area contributed by atoms with Crippen molar-refractivity contribution in [1.82, 2.24) is 14.9 Å². The first-order chi connectivity index (χ1) is 14.6. The summed E-state index contributed by atoms with van der Waals surface area (Å²) in [6, 6.07) is 5.36. The van der Waals surface area contributed by atoms with Gasteiger partial charge in [-0.05, 0) is 39.8 Å². The molecule has 2 heterocycles. The van der Waals surface area contributed by atoms with Crippen molar-refractivity contribution in [3.05, 3.63) is 46.5 Å². The molecular weight excluding hydrogens is 422 g/mol. The second kappa shape index (κ2) is 8.34. The van der Waals surface area contributed by atoms with Crippen molar-refractivity contribution in [1.29, 1.82) is 0 Å². The van der Waals surface area contributed by atoms with Gasteiger partial charge in [0.05, 0.1) is 50.5 Å². The van der Waals surface area contributed by atoms with E-state index in [1.54, 1.807) is 38.2 Å². The van der Waals surface area contributed by atoms with Gasteiger partial charge in [-0.3, -0.25) is 14.6 Å². The van der Waals surface area contributed by atoms with Gasteiger partial charge in [0.25, 0.3) is 0 Å². The summed E-state index contributed by atoms with van der Waals surface area (Å²) < 4.78 is 16.0. The van der Waals surface area contributed by atoms with Crippen molar-refractivity contribution in [3.8, 4) is 11.5 Å². The molecule has 31 heavy (non-hydrogen) atoms. The third-order valence-electron chi connectivity index (χ3n) is 5.65. The first-order valence-corrected chi connectivity index (χ1v) is 10.2. The Labute approximate surface area is 186 Å². The molecule has 1 atom stereocenters. The Morgan fingerprint density at radius 3 is 2.48 bits per heavy atom. The Morgan fingerprint density at radius 1 is 1.16 bits per heavy atom. The summed E-state index contributed by atoms with van der Waals surface area (Å²) in [6.07, 6.45) is 1.41. The molecule has 1 aromatic heterocycles. The molecule has 1 unspecified atom stereocenters. The normalized spacial score (nSPS) is 19.6. The van der Waals surface area contributed by atoms with Crippen LogP contribution in [0.4, 0.5) is 0 Å². The average molecular weight is 448 g/mol. The molecule has 0 aliphatic carbocycles. The molecule has 8 nitrogen and oxygen atoms in total. The molecule has 1 amide bonds. The number of methoxy groups -OCH3 is 2. The van der Waals surface area contributed by atoms with E-state index in [0.29, 0.717) is 17.2 Å². The lowest BCUT2D eigenvalue weighted by Gasteiger charge is -2.47. The van der Waals surface area contributed by atoms with Crippen molar-refractivity contribution in [3.63, 3.8) is 0 Å². The zero-order valence-electron chi connectivity index (χ0n) is 18.5. The van der Waals surface area contributed by atoms with Crippen LogP contribution < -0.4 is 9.47 Å². The monoisotopic (exact) mass is 447 g/mol. The maximum atomic E-state index is 13.8. The largest absolute Gasteiger partial charge is 0.497 e. The molecule has 1 aliphatic heterocycles. The predicted molar refractivity (Wildman–Crippen MR) is 114 cm³/mol. The topological polar surface area (TPSA) is 90.9 Å². The van der Waals surface area contributed by atoms with Crippen molar-refractivity contribution in [2.24, 2.45) is 0 Å². The first kappa shape index (κ1) is 22.8. The second-order valence-electron chi connectivity index (χ2n) is 7.86. The lowest BCUT2D eigenvalue weighted by Crippen LogP contribution is -2.61. The van der Waals surface area contributed by atoms with E-state index in [4.69, 9.17) is 25.8 Å². The number of carbonyl (C=O) groups is 2.